The molecular weight excluding hydrogens is 246 g/mol. The molecule has 0 spiro atoms. The number of hydrogen-bond acceptors (Lipinski definition) is 3. The average molecular weight is 261 g/mol. The number of hydrogen-bond donors (Lipinski definition) is 2. The first kappa shape index (κ1) is 13.1. The van der Waals surface area contributed by atoms with Gasteiger partial charge in [0.1, 0.15) is 11.9 Å². The number of likely N-dealkylation sites (N-methyl/N-ethyl adjacent to an activating group) is 1. The van der Waals surface area contributed by atoms with E-state index in [-0.39, 0.29) is 11.5 Å². The van der Waals surface area contributed by atoms with Gasteiger partial charge in [0.25, 0.3) is 0 Å². The van der Waals surface area contributed by atoms with Gasteiger partial charge in [-0.05, 0) is 32.0 Å². The third-order valence-corrected chi connectivity index (χ3v) is 3.13. The molecule has 100 valence electrons. The fraction of sp³-hybridized carbons (Fsp3) is 0.308. The number of nitrogens with zero attached hydrogens (tertiary/aromatic N) is 2. The second-order valence-corrected chi connectivity index (χ2v) is 4.33. The van der Waals surface area contributed by atoms with Crippen LogP contribution >= 0.6 is 0 Å². The first-order chi connectivity index (χ1) is 8.95. The van der Waals surface area contributed by atoms with E-state index in [1.54, 1.807) is 31.5 Å². The summed E-state index contributed by atoms with van der Waals surface area (Å²) in [7, 11) is 1.57. The molecule has 0 saturated heterocycles. The van der Waals surface area contributed by atoms with Crippen LogP contribution in [0.25, 0.3) is 11.0 Å². The summed E-state index contributed by atoms with van der Waals surface area (Å²) in [5, 5.41) is 11.6. The molecule has 0 aliphatic heterocycles. The molecule has 0 radical (unpaired) electrons. The first-order valence-corrected chi connectivity index (χ1v) is 5.89. The predicted molar refractivity (Wildman–Crippen MR) is 70.2 cm³/mol. The molecule has 1 unspecified atom stereocenters. The van der Waals surface area contributed by atoms with Crippen molar-refractivity contribution in [2.45, 2.75) is 19.9 Å². The Morgan fingerprint density at radius 1 is 1.42 bits per heavy atom. The molecule has 1 heterocycles. The zero-order chi connectivity index (χ0) is 14.2. The van der Waals surface area contributed by atoms with Crippen LogP contribution in [0.1, 0.15) is 29.1 Å². The second-order valence-electron chi connectivity index (χ2n) is 4.33. The molecule has 6 heteroatoms. The number of carboxylic acid groups (broad SMARTS) is 1. The number of nitrogens with one attached hydrogen (secondary N) is 1. The number of aromatic nitrogens is 2. The lowest BCUT2D eigenvalue weighted by Crippen LogP contribution is -2.28. The lowest BCUT2D eigenvalue weighted by molar-refractivity contribution is -0.123. The van der Waals surface area contributed by atoms with Crippen molar-refractivity contribution in [2.24, 2.45) is 0 Å². The van der Waals surface area contributed by atoms with E-state index in [0.717, 1.165) is 0 Å². The van der Waals surface area contributed by atoms with Gasteiger partial charge in [0, 0.05) is 7.05 Å². The van der Waals surface area contributed by atoms with E-state index in [4.69, 9.17) is 5.11 Å². The lowest BCUT2D eigenvalue weighted by atomic mass is 10.2. The Hall–Kier alpha value is -2.37. The number of aromatic carboxylic acids is 1. The minimum Gasteiger partial charge on any atom is -0.478 e. The van der Waals surface area contributed by atoms with Gasteiger partial charge < -0.3 is 15.0 Å². The average Bonchev–Trinajstić information content (AvgIpc) is 2.71. The summed E-state index contributed by atoms with van der Waals surface area (Å²) in [6.45, 7) is 3.54. The standard InChI is InChI=1S/C13H15N3O3/c1-7(12(17)14-3)16-8(2)15-10-5-4-9(13(18)19)6-11(10)16/h4-7H,1-3H3,(H,14,17)(H,18,19). The highest BCUT2D eigenvalue weighted by molar-refractivity contribution is 5.93. The van der Waals surface area contributed by atoms with Crippen LogP contribution in [0.2, 0.25) is 0 Å². The van der Waals surface area contributed by atoms with E-state index < -0.39 is 12.0 Å². The molecular formula is C13H15N3O3. The Kier molecular flexibility index (Phi) is 3.25. The highest BCUT2D eigenvalue weighted by atomic mass is 16.4. The van der Waals surface area contributed by atoms with Crippen LogP contribution in [0, 0.1) is 6.92 Å². The molecule has 0 saturated carbocycles. The lowest BCUT2D eigenvalue weighted by Gasteiger charge is -2.14. The van der Waals surface area contributed by atoms with E-state index >= 15 is 0 Å². The van der Waals surface area contributed by atoms with Crippen molar-refractivity contribution in [1.29, 1.82) is 0 Å². The number of carboxylic acids is 1. The molecule has 0 aliphatic carbocycles. The SMILES string of the molecule is CNC(=O)C(C)n1c(C)nc2ccc(C(=O)O)cc21. The van der Waals surface area contributed by atoms with E-state index in [1.165, 1.54) is 12.1 Å². The number of carbonyl (C=O) groups is 2. The number of carbonyl (C=O) groups excluding carboxylic acids is 1. The molecule has 2 rings (SSSR count). The van der Waals surface area contributed by atoms with Gasteiger partial charge in [-0.15, -0.1) is 0 Å². The summed E-state index contributed by atoms with van der Waals surface area (Å²) in [4.78, 5) is 27.1. The van der Waals surface area contributed by atoms with Crippen LogP contribution in [0.3, 0.4) is 0 Å². The number of imidazole rings is 1. The van der Waals surface area contributed by atoms with E-state index in [2.05, 4.69) is 10.3 Å². The molecule has 0 bridgehead atoms. The molecule has 19 heavy (non-hydrogen) atoms. The van der Waals surface area contributed by atoms with Crippen LogP contribution < -0.4 is 5.32 Å². The largest absolute Gasteiger partial charge is 0.478 e. The van der Waals surface area contributed by atoms with Gasteiger partial charge in [-0.25, -0.2) is 9.78 Å². The summed E-state index contributed by atoms with van der Waals surface area (Å²) in [6.07, 6.45) is 0. The van der Waals surface area contributed by atoms with Crippen molar-refractivity contribution in [3.05, 3.63) is 29.6 Å². The maximum Gasteiger partial charge on any atom is 0.335 e. The number of rotatable bonds is 3. The smallest absolute Gasteiger partial charge is 0.335 e. The van der Waals surface area contributed by atoms with Crippen molar-refractivity contribution in [2.75, 3.05) is 7.05 Å². The first-order valence-electron chi connectivity index (χ1n) is 5.89. The topological polar surface area (TPSA) is 84.2 Å². The van der Waals surface area contributed by atoms with E-state index in [0.29, 0.717) is 16.9 Å². The summed E-state index contributed by atoms with van der Waals surface area (Å²) in [5.74, 6) is -0.475. The minimum absolute atomic E-state index is 0.150. The number of aryl methyl sites for hydroxylation is 1. The van der Waals surface area contributed by atoms with Gasteiger partial charge in [0.15, 0.2) is 0 Å². The van der Waals surface area contributed by atoms with Gasteiger partial charge in [-0.2, -0.15) is 0 Å². The van der Waals surface area contributed by atoms with Crippen LogP contribution in [0.4, 0.5) is 0 Å². The molecule has 1 amide bonds. The second kappa shape index (κ2) is 4.72. The van der Waals surface area contributed by atoms with Crippen LogP contribution in [-0.2, 0) is 4.79 Å². The molecule has 1 aromatic carbocycles. The number of fused-ring (bicyclic) bond motifs is 1. The fourth-order valence-corrected chi connectivity index (χ4v) is 2.16. The molecule has 1 aromatic heterocycles. The minimum atomic E-state index is -1.00. The predicted octanol–water partition coefficient (Wildman–Crippen LogP) is 1.35. The van der Waals surface area contributed by atoms with E-state index in [1.807, 2.05) is 0 Å². The molecule has 6 nitrogen and oxygen atoms in total. The highest BCUT2D eigenvalue weighted by Crippen LogP contribution is 2.22. The molecule has 2 aromatic rings. The normalized spacial score (nSPS) is 12.4. The van der Waals surface area contributed by atoms with Gasteiger partial charge >= 0.3 is 5.97 Å². The zero-order valence-corrected chi connectivity index (χ0v) is 11.0. The van der Waals surface area contributed by atoms with Gasteiger partial charge in [-0.3, -0.25) is 4.79 Å². The van der Waals surface area contributed by atoms with Crippen molar-refractivity contribution in [1.82, 2.24) is 14.9 Å². The van der Waals surface area contributed by atoms with E-state index in [9.17, 15) is 9.59 Å². The Labute approximate surface area is 110 Å². The van der Waals surface area contributed by atoms with Crippen LogP contribution in [0.5, 0.6) is 0 Å². The van der Waals surface area contributed by atoms with Crippen molar-refractivity contribution < 1.29 is 14.7 Å². The zero-order valence-electron chi connectivity index (χ0n) is 11.0. The maximum atomic E-state index is 11.7. The third-order valence-electron chi connectivity index (χ3n) is 3.13. The maximum absolute atomic E-state index is 11.7. The van der Waals surface area contributed by atoms with Crippen LogP contribution in [-0.4, -0.2) is 33.6 Å². The number of benzene rings is 1. The highest BCUT2D eigenvalue weighted by Gasteiger charge is 2.19. The van der Waals surface area contributed by atoms with Crippen molar-refractivity contribution in [3.63, 3.8) is 0 Å². The third kappa shape index (κ3) is 2.16. The molecule has 1 atom stereocenters. The molecule has 0 aliphatic rings. The molecule has 2 N–H and O–H groups in total. The Balaban J connectivity index is 2.65. The monoisotopic (exact) mass is 261 g/mol. The quantitative estimate of drug-likeness (QED) is 0.873. The van der Waals surface area contributed by atoms with Crippen LogP contribution in [0.15, 0.2) is 18.2 Å². The van der Waals surface area contributed by atoms with Crippen molar-refractivity contribution in [3.8, 4) is 0 Å². The van der Waals surface area contributed by atoms with Gasteiger partial charge in [0.05, 0.1) is 16.6 Å². The van der Waals surface area contributed by atoms with Crippen molar-refractivity contribution >= 4 is 22.9 Å². The number of amides is 1. The van der Waals surface area contributed by atoms with Gasteiger partial charge in [0.2, 0.25) is 5.91 Å². The summed E-state index contributed by atoms with van der Waals surface area (Å²) in [6, 6.07) is 4.25. The van der Waals surface area contributed by atoms with Gasteiger partial charge in [-0.1, -0.05) is 0 Å². The summed E-state index contributed by atoms with van der Waals surface area (Å²) in [5.41, 5.74) is 1.50. The summed E-state index contributed by atoms with van der Waals surface area (Å²) < 4.78 is 1.74. The fourth-order valence-electron chi connectivity index (χ4n) is 2.16. The Morgan fingerprint density at radius 3 is 2.68 bits per heavy atom. The Bertz CT molecular complexity index is 660. The summed E-state index contributed by atoms with van der Waals surface area (Å²) >= 11 is 0. The molecule has 0 fully saturated rings. The Morgan fingerprint density at radius 2 is 2.11 bits per heavy atom.